The summed E-state index contributed by atoms with van der Waals surface area (Å²) in [4.78, 5) is 0. The number of rotatable bonds is 0. The van der Waals surface area contributed by atoms with Gasteiger partial charge in [0.25, 0.3) is 0 Å². The minimum absolute atomic E-state index is 0.385. The van der Waals surface area contributed by atoms with Gasteiger partial charge in [-0.25, -0.2) is 0 Å². The maximum Gasteiger partial charge on any atom is 0.0291 e. The maximum atomic E-state index is 2.39. The number of allylic oxidation sites excluding steroid dienone is 3. The second-order valence-corrected chi connectivity index (χ2v) is 6.60. The highest BCUT2D eigenvalue weighted by Gasteiger charge is 2.32. The standard InChI is InChI=1S/C23H14/c1-2-7-18-16(4-1)12-21-19-11-10-15-6-3-5-14-8-9-17(13-20(18)21)23(19)22(14)15/h1-13,19H. The maximum absolute atomic E-state index is 2.39. The molecular weight excluding hydrogens is 276 g/mol. The third kappa shape index (κ3) is 1.37. The van der Waals surface area contributed by atoms with Crippen molar-refractivity contribution in [3.63, 3.8) is 0 Å². The number of hydrogen-bond donors (Lipinski definition) is 0. The molecule has 0 amide bonds. The van der Waals surface area contributed by atoms with E-state index >= 15 is 0 Å². The molecule has 3 aliphatic carbocycles. The molecule has 0 heterocycles. The van der Waals surface area contributed by atoms with Crippen molar-refractivity contribution in [2.75, 3.05) is 0 Å². The summed E-state index contributed by atoms with van der Waals surface area (Å²) in [6, 6.07) is 19.9. The van der Waals surface area contributed by atoms with E-state index in [1.807, 2.05) is 0 Å². The summed E-state index contributed by atoms with van der Waals surface area (Å²) in [5, 5.41) is 2.79. The SMILES string of the molecule is C1=CC2C3=Cc4ccccc4C3=Cc3ccc4cccc1c4c32. The Bertz CT molecular complexity index is 1110. The van der Waals surface area contributed by atoms with Gasteiger partial charge in [-0.2, -0.15) is 0 Å². The fourth-order valence-corrected chi connectivity index (χ4v) is 4.45. The van der Waals surface area contributed by atoms with E-state index in [4.69, 9.17) is 0 Å². The zero-order valence-electron chi connectivity index (χ0n) is 12.6. The summed E-state index contributed by atoms with van der Waals surface area (Å²) < 4.78 is 0. The molecule has 0 saturated carbocycles. The van der Waals surface area contributed by atoms with E-state index in [-0.39, 0.29) is 0 Å². The van der Waals surface area contributed by atoms with E-state index in [0.717, 1.165) is 0 Å². The zero-order valence-corrected chi connectivity index (χ0v) is 12.6. The Hall–Kier alpha value is -2.86. The van der Waals surface area contributed by atoms with Crippen LogP contribution < -0.4 is 0 Å². The smallest absolute Gasteiger partial charge is 0.0291 e. The highest BCUT2D eigenvalue weighted by molar-refractivity contribution is 6.09. The molecule has 3 aromatic carbocycles. The summed E-state index contributed by atoms with van der Waals surface area (Å²) in [5.74, 6) is 0.385. The van der Waals surface area contributed by atoms with Crippen LogP contribution >= 0.6 is 0 Å². The van der Waals surface area contributed by atoms with E-state index in [9.17, 15) is 0 Å². The Morgan fingerprint density at radius 3 is 2.61 bits per heavy atom. The second kappa shape index (κ2) is 3.91. The minimum Gasteiger partial charge on any atom is -0.0720 e. The summed E-state index contributed by atoms with van der Waals surface area (Å²) in [5.41, 5.74) is 9.80. The quantitative estimate of drug-likeness (QED) is 0.483. The van der Waals surface area contributed by atoms with Crippen LogP contribution in [-0.2, 0) is 0 Å². The summed E-state index contributed by atoms with van der Waals surface area (Å²) >= 11 is 0. The average Bonchev–Trinajstić information content (AvgIpc) is 2.98. The largest absolute Gasteiger partial charge is 0.0720 e. The van der Waals surface area contributed by atoms with Gasteiger partial charge in [-0.15, -0.1) is 0 Å². The lowest BCUT2D eigenvalue weighted by atomic mass is 9.74. The average molecular weight is 290 g/mol. The Kier molecular flexibility index (Phi) is 1.98. The lowest BCUT2D eigenvalue weighted by Gasteiger charge is -2.29. The van der Waals surface area contributed by atoms with Gasteiger partial charge in [-0.05, 0) is 61.9 Å². The van der Waals surface area contributed by atoms with Crippen LogP contribution in [-0.4, -0.2) is 0 Å². The molecule has 0 aliphatic heterocycles. The molecular formula is C23H14. The van der Waals surface area contributed by atoms with Gasteiger partial charge in [0.05, 0.1) is 0 Å². The monoisotopic (exact) mass is 290 g/mol. The van der Waals surface area contributed by atoms with Gasteiger partial charge < -0.3 is 0 Å². The van der Waals surface area contributed by atoms with Gasteiger partial charge in [0.2, 0.25) is 0 Å². The molecule has 1 atom stereocenters. The molecule has 0 saturated heterocycles. The van der Waals surface area contributed by atoms with Crippen molar-refractivity contribution in [3.8, 4) is 0 Å². The Balaban J connectivity index is 1.75. The Labute approximate surface area is 135 Å². The molecule has 0 nitrogen and oxygen atoms in total. The van der Waals surface area contributed by atoms with E-state index in [2.05, 4.69) is 78.9 Å². The van der Waals surface area contributed by atoms with Crippen molar-refractivity contribution >= 4 is 34.6 Å². The number of hydrogen-bond acceptors (Lipinski definition) is 0. The highest BCUT2D eigenvalue weighted by Crippen LogP contribution is 2.52. The van der Waals surface area contributed by atoms with Crippen LogP contribution in [0.4, 0.5) is 0 Å². The van der Waals surface area contributed by atoms with Crippen LogP contribution in [0.1, 0.15) is 33.7 Å². The van der Waals surface area contributed by atoms with Crippen molar-refractivity contribution in [2.45, 2.75) is 5.92 Å². The third-order valence-electron chi connectivity index (χ3n) is 5.44. The fraction of sp³-hybridized carbons (Fsp3) is 0.0435. The lowest BCUT2D eigenvalue weighted by molar-refractivity contribution is 1.05. The molecule has 1 unspecified atom stereocenters. The Morgan fingerprint density at radius 1 is 0.696 bits per heavy atom. The molecule has 6 rings (SSSR count). The van der Waals surface area contributed by atoms with E-state index in [1.54, 1.807) is 0 Å². The van der Waals surface area contributed by atoms with E-state index < -0.39 is 0 Å². The van der Waals surface area contributed by atoms with E-state index in [0.29, 0.717) is 5.92 Å². The number of benzene rings is 3. The van der Waals surface area contributed by atoms with Crippen molar-refractivity contribution < 1.29 is 0 Å². The molecule has 0 radical (unpaired) electrons. The van der Waals surface area contributed by atoms with Gasteiger partial charge >= 0.3 is 0 Å². The third-order valence-corrected chi connectivity index (χ3v) is 5.44. The molecule has 0 heteroatoms. The summed E-state index contributed by atoms with van der Waals surface area (Å²) in [6.45, 7) is 0. The molecule has 0 aromatic heterocycles. The van der Waals surface area contributed by atoms with Gasteiger partial charge in [-0.1, -0.05) is 66.7 Å². The van der Waals surface area contributed by atoms with Crippen LogP contribution in [0.3, 0.4) is 0 Å². The van der Waals surface area contributed by atoms with Crippen LogP contribution in [0, 0.1) is 0 Å². The first-order chi connectivity index (χ1) is 11.4. The molecule has 0 fully saturated rings. The highest BCUT2D eigenvalue weighted by atomic mass is 14.4. The van der Waals surface area contributed by atoms with Crippen LogP contribution in [0.5, 0.6) is 0 Å². The number of fused-ring (bicyclic) bond motifs is 4. The zero-order chi connectivity index (χ0) is 15.0. The van der Waals surface area contributed by atoms with Crippen LogP contribution in [0.25, 0.3) is 34.6 Å². The first kappa shape index (κ1) is 11.7. The van der Waals surface area contributed by atoms with Gasteiger partial charge in [0.1, 0.15) is 0 Å². The minimum atomic E-state index is 0.385. The predicted molar refractivity (Wildman–Crippen MR) is 98.0 cm³/mol. The lowest BCUT2D eigenvalue weighted by Crippen LogP contribution is -2.10. The second-order valence-electron chi connectivity index (χ2n) is 6.60. The molecule has 3 aromatic rings. The van der Waals surface area contributed by atoms with Gasteiger partial charge in [-0.3, -0.25) is 0 Å². The van der Waals surface area contributed by atoms with Gasteiger partial charge in [0, 0.05) is 5.92 Å². The molecule has 23 heavy (non-hydrogen) atoms. The van der Waals surface area contributed by atoms with Crippen molar-refractivity contribution in [3.05, 3.63) is 94.1 Å². The molecule has 0 spiro atoms. The fourth-order valence-electron chi connectivity index (χ4n) is 4.45. The topological polar surface area (TPSA) is 0 Å². The summed E-state index contributed by atoms with van der Waals surface area (Å²) in [6.07, 6.45) is 9.45. The predicted octanol–water partition coefficient (Wildman–Crippen LogP) is 5.90. The molecule has 0 bridgehead atoms. The molecule has 106 valence electrons. The van der Waals surface area contributed by atoms with Crippen LogP contribution in [0.2, 0.25) is 0 Å². The van der Waals surface area contributed by atoms with E-state index in [1.165, 1.54) is 49.7 Å². The van der Waals surface area contributed by atoms with Gasteiger partial charge in [0.15, 0.2) is 0 Å². The van der Waals surface area contributed by atoms with Crippen molar-refractivity contribution in [1.29, 1.82) is 0 Å². The van der Waals surface area contributed by atoms with Crippen molar-refractivity contribution in [1.82, 2.24) is 0 Å². The first-order valence-corrected chi connectivity index (χ1v) is 8.17. The van der Waals surface area contributed by atoms with Crippen molar-refractivity contribution in [2.24, 2.45) is 0 Å². The normalized spacial score (nSPS) is 19.2. The molecule has 3 aliphatic rings. The molecule has 0 N–H and O–H groups in total. The first-order valence-electron chi connectivity index (χ1n) is 8.17. The summed E-state index contributed by atoms with van der Waals surface area (Å²) in [7, 11) is 0. The van der Waals surface area contributed by atoms with Crippen LogP contribution in [0.15, 0.2) is 66.2 Å². The Morgan fingerprint density at radius 2 is 1.61 bits per heavy atom.